The van der Waals surface area contributed by atoms with E-state index in [-0.39, 0.29) is 0 Å². The third-order valence-electron chi connectivity index (χ3n) is 3.65. The minimum absolute atomic E-state index is 0.682. The molecular formula is C13H28N2S. The summed E-state index contributed by atoms with van der Waals surface area (Å²) < 4.78 is 0. The lowest BCUT2D eigenvalue weighted by molar-refractivity contribution is 0.174. The second kappa shape index (κ2) is 8.37. The second-order valence-electron chi connectivity index (χ2n) is 5.06. The fourth-order valence-corrected chi connectivity index (χ4v) is 2.99. The van der Waals surface area contributed by atoms with E-state index in [1.54, 1.807) is 0 Å². The first-order valence-electron chi connectivity index (χ1n) is 6.66. The van der Waals surface area contributed by atoms with E-state index in [1.807, 2.05) is 11.8 Å². The molecule has 0 spiro atoms. The molecule has 3 heteroatoms. The van der Waals surface area contributed by atoms with Crippen LogP contribution in [0.25, 0.3) is 0 Å². The van der Waals surface area contributed by atoms with Crippen molar-refractivity contribution in [1.82, 2.24) is 10.2 Å². The highest BCUT2D eigenvalue weighted by atomic mass is 32.2. The van der Waals surface area contributed by atoms with Crippen LogP contribution in [0.2, 0.25) is 0 Å². The molecule has 0 radical (unpaired) electrons. The molecule has 1 saturated heterocycles. The fourth-order valence-electron chi connectivity index (χ4n) is 2.40. The van der Waals surface area contributed by atoms with Gasteiger partial charge in [0.05, 0.1) is 0 Å². The molecule has 16 heavy (non-hydrogen) atoms. The van der Waals surface area contributed by atoms with Gasteiger partial charge in [-0.1, -0.05) is 6.42 Å². The van der Waals surface area contributed by atoms with E-state index in [4.69, 9.17) is 0 Å². The van der Waals surface area contributed by atoms with Crippen LogP contribution in [0.3, 0.4) is 0 Å². The van der Waals surface area contributed by atoms with Crippen molar-refractivity contribution < 1.29 is 0 Å². The molecule has 0 aromatic heterocycles. The van der Waals surface area contributed by atoms with Gasteiger partial charge < -0.3 is 10.2 Å². The number of hydrogen-bond donors (Lipinski definition) is 1. The number of nitrogens with one attached hydrogen (secondary N) is 1. The summed E-state index contributed by atoms with van der Waals surface area (Å²) in [4.78, 5) is 2.54. The van der Waals surface area contributed by atoms with Crippen LogP contribution in [0.5, 0.6) is 0 Å². The lowest BCUT2D eigenvalue weighted by Gasteiger charge is -2.32. The van der Waals surface area contributed by atoms with Gasteiger partial charge in [0.2, 0.25) is 0 Å². The molecule has 2 atom stereocenters. The summed E-state index contributed by atoms with van der Waals surface area (Å²) in [5.74, 6) is 1.28. The number of rotatable bonds is 7. The highest BCUT2D eigenvalue weighted by Crippen LogP contribution is 2.17. The van der Waals surface area contributed by atoms with Crippen LogP contribution in [0.1, 0.15) is 39.0 Å². The number of likely N-dealkylation sites (tertiary alicyclic amines) is 1. The maximum atomic E-state index is 3.65. The normalized spacial score (nSPS) is 24.6. The summed E-state index contributed by atoms with van der Waals surface area (Å²) in [6.45, 7) is 4.79. The quantitative estimate of drug-likeness (QED) is 0.741. The van der Waals surface area contributed by atoms with Crippen molar-refractivity contribution in [3.05, 3.63) is 0 Å². The van der Waals surface area contributed by atoms with Crippen LogP contribution in [-0.2, 0) is 0 Å². The number of thioether (sulfide) groups is 1. The first kappa shape index (κ1) is 14.3. The summed E-state index contributed by atoms with van der Waals surface area (Å²) in [7, 11) is 2.28. The molecule has 0 saturated carbocycles. The van der Waals surface area contributed by atoms with Crippen LogP contribution >= 0.6 is 11.8 Å². The molecule has 1 rings (SSSR count). The van der Waals surface area contributed by atoms with Gasteiger partial charge in [-0.2, -0.15) is 11.8 Å². The molecule has 96 valence electrons. The van der Waals surface area contributed by atoms with E-state index in [0.717, 1.165) is 6.04 Å². The van der Waals surface area contributed by atoms with Gasteiger partial charge in [-0.3, -0.25) is 0 Å². The zero-order chi connectivity index (χ0) is 11.8. The van der Waals surface area contributed by atoms with E-state index < -0.39 is 0 Å². The van der Waals surface area contributed by atoms with Crippen LogP contribution in [-0.4, -0.2) is 49.1 Å². The Bertz CT molecular complexity index is 175. The molecule has 2 nitrogen and oxygen atoms in total. The molecule has 1 N–H and O–H groups in total. The van der Waals surface area contributed by atoms with Gasteiger partial charge in [0.25, 0.3) is 0 Å². The SMILES string of the molecule is CSCCC(C)NCCC1CCCCN1C. The van der Waals surface area contributed by atoms with E-state index in [1.165, 1.54) is 50.9 Å². The Morgan fingerprint density at radius 3 is 2.94 bits per heavy atom. The summed E-state index contributed by atoms with van der Waals surface area (Å²) in [6, 6.07) is 1.51. The monoisotopic (exact) mass is 244 g/mol. The molecule has 0 aliphatic carbocycles. The standard InChI is InChI=1S/C13H28N2S/c1-12(8-11-16-3)14-9-7-13-6-4-5-10-15(13)2/h12-14H,4-11H2,1-3H3. The Morgan fingerprint density at radius 1 is 1.44 bits per heavy atom. The average molecular weight is 244 g/mol. The van der Waals surface area contributed by atoms with E-state index in [2.05, 4.69) is 30.4 Å². The zero-order valence-electron chi connectivity index (χ0n) is 11.2. The van der Waals surface area contributed by atoms with E-state index >= 15 is 0 Å². The minimum atomic E-state index is 0.682. The molecule has 0 aromatic rings. The summed E-state index contributed by atoms with van der Waals surface area (Å²) in [6.07, 6.45) is 9.02. The minimum Gasteiger partial charge on any atom is -0.314 e. The maximum absolute atomic E-state index is 3.65. The van der Waals surface area contributed by atoms with Gasteiger partial charge >= 0.3 is 0 Å². The molecule has 0 amide bonds. The van der Waals surface area contributed by atoms with Crippen LogP contribution in [0, 0.1) is 0 Å². The Balaban J connectivity index is 2.05. The summed E-state index contributed by atoms with van der Waals surface area (Å²) in [5.41, 5.74) is 0. The Morgan fingerprint density at radius 2 is 2.25 bits per heavy atom. The highest BCUT2D eigenvalue weighted by Gasteiger charge is 2.18. The fraction of sp³-hybridized carbons (Fsp3) is 1.00. The van der Waals surface area contributed by atoms with Crippen molar-refractivity contribution >= 4 is 11.8 Å². The highest BCUT2D eigenvalue weighted by molar-refractivity contribution is 7.98. The maximum Gasteiger partial charge on any atom is 0.0104 e. The number of nitrogens with zero attached hydrogens (tertiary/aromatic N) is 1. The zero-order valence-corrected chi connectivity index (χ0v) is 12.0. The van der Waals surface area contributed by atoms with Gasteiger partial charge in [-0.15, -0.1) is 0 Å². The van der Waals surface area contributed by atoms with Crippen molar-refractivity contribution in [3.8, 4) is 0 Å². The first-order chi connectivity index (χ1) is 7.74. The van der Waals surface area contributed by atoms with Crippen molar-refractivity contribution in [1.29, 1.82) is 0 Å². The lowest BCUT2D eigenvalue weighted by atomic mass is 10.00. The van der Waals surface area contributed by atoms with Crippen molar-refractivity contribution in [2.45, 2.75) is 51.1 Å². The predicted molar refractivity (Wildman–Crippen MR) is 75.3 cm³/mol. The van der Waals surface area contributed by atoms with Gasteiger partial charge in [0, 0.05) is 12.1 Å². The number of hydrogen-bond acceptors (Lipinski definition) is 3. The van der Waals surface area contributed by atoms with Crippen molar-refractivity contribution in [2.24, 2.45) is 0 Å². The van der Waals surface area contributed by atoms with E-state index in [0.29, 0.717) is 6.04 Å². The molecule has 1 aliphatic rings. The van der Waals surface area contributed by atoms with Crippen LogP contribution in [0.4, 0.5) is 0 Å². The Hall–Kier alpha value is 0.270. The van der Waals surface area contributed by atoms with Crippen molar-refractivity contribution in [2.75, 3.05) is 32.1 Å². The predicted octanol–water partition coefficient (Wildman–Crippen LogP) is 2.59. The number of piperidine rings is 1. The van der Waals surface area contributed by atoms with Crippen LogP contribution < -0.4 is 5.32 Å². The lowest BCUT2D eigenvalue weighted by Crippen LogP contribution is -2.39. The topological polar surface area (TPSA) is 15.3 Å². The third kappa shape index (κ3) is 5.55. The molecule has 1 fully saturated rings. The van der Waals surface area contributed by atoms with Gasteiger partial charge in [0.15, 0.2) is 0 Å². The molecule has 0 aromatic carbocycles. The molecule has 1 aliphatic heterocycles. The molecular weight excluding hydrogens is 216 g/mol. The van der Waals surface area contributed by atoms with Gasteiger partial charge in [-0.05, 0) is 64.8 Å². The largest absolute Gasteiger partial charge is 0.314 e. The molecule has 2 unspecified atom stereocenters. The summed E-state index contributed by atoms with van der Waals surface area (Å²) in [5, 5.41) is 3.65. The molecule has 1 heterocycles. The van der Waals surface area contributed by atoms with Crippen molar-refractivity contribution in [3.63, 3.8) is 0 Å². The van der Waals surface area contributed by atoms with Gasteiger partial charge in [-0.25, -0.2) is 0 Å². The van der Waals surface area contributed by atoms with E-state index in [9.17, 15) is 0 Å². The third-order valence-corrected chi connectivity index (χ3v) is 4.29. The summed E-state index contributed by atoms with van der Waals surface area (Å²) >= 11 is 1.94. The molecule has 0 bridgehead atoms. The average Bonchev–Trinajstić information content (AvgIpc) is 2.29. The first-order valence-corrected chi connectivity index (χ1v) is 8.06. The Labute approximate surface area is 106 Å². The van der Waals surface area contributed by atoms with Crippen LogP contribution in [0.15, 0.2) is 0 Å². The second-order valence-corrected chi connectivity index (χ2v) is 6.04. The Kier molecular flexibility index (Phi) is 7.50. The smallest absolute Gasteiger partial charge is 0.0104 e. The van der Waals surface area contributed by atoms with Gasteiger partial charge in [0.1, 0.15) is 0 Å².